The van der Waals surface area contributed by atoms with Crippen LogP contribution in [0.3, 0.4) is 0 Å². The molecule has 0 aromatic carbocycles. The van der Waals surface area contributed by atoms with Crippen molar-refractivity contribution in [2.24, 2.45) is 0 Å². The molecule has 56 valence electrons. The summed E-state index contributed by atoms with van der Waals surface area (Å²) < 4.78 is 1.80. The Morgan fingerprint density at radius 2 is 2.45 bits per heavy atom. The maximum absolute atomic E-state index is 4.10. The van der Waals surface area contributed by atoms with Crippen LogP contribution in [-0.2, 0) is 6.42 Å². The summed E-state index contributed by atoms with van der Waals surface area (Å²) in [7, 11) is 0. The van der Waals surface area contributed by atoms with Crippen LogP contribution in [-0.4, -0.2) is 19.8 Å². The standard InChI is InChI=1S/C7H8N4/c1-2-7-10-8-5-6-3-4-9-11(6)7/h3-5H,2H2,1H3. The van der Waals surface area contributed by atoms with Gasteiger partial charge in [0.15, 0.2) is 5.82 Å². The predicted molar refractivity (Wildman–Crippen MR) is 40.2 cm³/mol. The lowest BCUT2D eigenvalue weighted by Gasteiger charge is -1.96. The van der Waals surface area contributed by atoms with Crippen LogP contribution in [0.1, 0.15) is 12.7 Å². The van der Waals surface area contributed by atoms with E-state index >= 15 is 0 Å². The summed E-state index contributed by atoms with van der Waals surface area (Å²) in [5.74, 6) is 0.896. The van der Waals surface area contributed by atoms with Crippen molar-refractivity contribution >= 4 is 5.52 Å². The molecule has 2 rings (SSSR count). The molecule has 2 aromatic rings. The minimum Gasteiger partial charge on any atom is -0.216 e. The number of aromatic nitrogens is 4. The molecule has 0 atom stereocenters. The Morgan fingerprint density at radius 3 is 3.27 bits per heavy atom. The van der Waals surface area contributed by atoms with Crippen LogP contribution in [0.15, 0.2) is 18.5 Å². The first-order valence-corrected chi connectivity index (χ1v) is 3.56. The van der Waals surface area contributed by atoms with Crippen molar-refractivity contribution in [2.75, 3.05) is 0 Å². The molecule has 0 fully saturated rings. The van der Waals surface area contributed by atoms with Crippen molar-refractivity contribution in [3.05, 3.63) is 24.3 Å². The quantitative estimate of drug-likeness (QED) is 0.597. The SMILES string of the molecule is CCc1nncc2ccnn12. The van der Waals surface area contributed by atoms with Gasteiger partial charge < -0.3 is 0 Å². The van der Waals surface area contributed by atoms with Crippen molar-refractivity contribution in [1.29, 1.82) is 0 Å². The summed E-state index contributed by atoms with van der Waals surface area (Å²) in [6, 6.07) is 1.91. The molecule has 11 heavy (non-hydrogen) atoms. The molecule has 4 nitrogen and oxygen atoms in total. The molecule has 2 aromatic heterocycles. The molecule has 0 aliphatic carbocycles. The van der Waals surface area contributed by atoms with Crippen molar-refractivity contribution in [2.45, 2.75) is 13.3 Å². The molecular weight excluding hydrogens is 140 g/mol. The highest BCUT2D eigenvalue weighted by atomic mass is 15.3. The number of aryl methyl sites for hydroxylation is 1. The topological polar surface area (TPSA) is 43.1 Å². The first kappa shape index (κ1) is 6.27. The molecule has 0 saturated carbocycles. The lowest BCUT2D eigenvalue weighted by molar-refractivity contribution is 0.764. The zero-order valence-corrected chi connectivity index (χ0v) is 6.23. The number of rotatable bonds is 1. The Morgan fingerprint density at radius 1 is 1.55 bits per heavy atom. The minimum atomic E-state index is 0.853. The summed E-state index contributed by atoms with van der Waals surface area (Å²) >= 11 is 0. The van der Waals surface area contributed by atoms with E-state index < -0.39 is 0 Å². The number of fused-ring (bicyclic) bond motifs is 1. The van der Waals surface area contributed by atoms with E-state index in [1.807, 2.05) is 13.0 Å². The van der Waals surface area contributed by atoms with Gasteiger partial charge in [-0.3, -0.25) is 0 Å². The van der Waals surface area contributed by atoms with Gasteiger partial charge >= 0.3 is 0 Å². The Hall–Kier alpha value is -1.45. The fraction of sp³-hybridized carbons (Fsp3) is 0.286. The normalized spacial score (nSPS) is 10.6. The second-order valence-electron chi connectivity index (χ2n) is 2.28. The van der Waals surface area contributed by atoms with Gasteiger partial charge in [0, 0.05) is 6.42 Å². The van der Waals surface area contributed by atoms with Gasteiger partial charge in [0.05, 0.1) is 17.9 Å². The van der Waals surface area contributed by atoms with Crippen molar-refractivity contribution in [1.82, 2.24) is 19.8 Å². The van der Waals surface area contributed by atoms with Crippen LogP contribution in [0.4, 0.5) is 0 Å². The molecule has 0 aliphatic heterocycles. The van der Waals surface area contributed by atoms with Gasteiger partial charge in [0.25, 0.3) is 0 Å². The third-order valence-electron chi connectivity index (χ3n) is 1.60. The molecular formula is C7H8N4. The molecule has 0 unspecified atom stereocenters. The minimum absolute atomic E-state index is 0.853. The van der Waals surface area contributed by atoms with E-state index in [9.17, 15) is 0 Å². The number of nitrogens with zero attached hydrogens (tertiary/aromatic N) is 4. The predicted octanol–water partition coefficient (Wildman–Crippen LogP) is 0.687. The van der Waals surface area contributed by atoms with Crippen LogP contribution in [0.5, 0.6) is 0 Å². The van der Waals surface area contributed by atoms with Crippen molar-refractivity contribution < 1.29 is 0 Å². The summed E-state index contributed by atoms with van der Waals surface area (Å²) in [6.07, 6.45) is 4.30. The Bertz CT molecular complexity index is 365. The molecule has 0 radical (unpaired) electrons. The second kappa shape index (κ2) is 2.30. The largest absolute Gasteiger partial charge is 0.216 e. The molecule has 0 saturated heterocycles. The van der Waals surface area contributed by atoms with Gasteiger partial charge in [-0.05, 0) is 6.07 Å². The van der Waals surface area contributed by atoms with E-state index in [4.69, 9.17) is 0 Å². The van der Waals surface area contributed by atoms with Crippen molar-refractivity contribution in [3.63, 3.8) is 0 Å². The van der Waals surface area contributed by atoms with Gasteiger partial charge in [0.2, 0.25) is 0 Å². The lowest BCUT2D eigenvalue weighted by Crippen LogP contribution is -2.01. The van der Waals surface area contributed by atoms with Gasteiger partial charge in [-0.25, -0.2) is 4.52 Å². The van der Waals surface area contributed by atoms with E-state index in [1.54, 1.807) is 16.9 Å². The van der Waals surface area contributed by atoms with Crippen molar-refractivity contribution in [3.8, 4) is 0 Å². The number of hydrogen-bond acceptors (Lipinski definition) is 3. The van der Waals surface area contributed by atoms with E-state index in [-0.39, 0.29) is 0 Å². The molecule has 4 heteroatoms. The molecule has 0 aliphatic rings. The van der Waals surface area contributed by atoms with Gasteiger partial charge in [-0.2, -0.15) is 10.2 Å². The van der Waals surface area contributed by atoms with Crippen LogP contribution in [0.25, 0.3) is 5.52 Å². The Kier molecular flexibility index (Phi) is 1.31. The molecule has 0 amide bonds. The zero-order chi connectivity index (χ0) is 7.68. The fourth-order valence-corrected chi connectivity index (χ4v) is 1.04. The summed E-state index contributed by atoms with van der Waals surface area (Å²) in [5, 5.41) is 11.9. The van der Waals surface area contributed by atoms with E-state index in [0.717, 1.165) is 17.8 Å². The van der Waals surface area contributed by atoms with Gasteiger partial charge in [0.1, 0.15) is 0 Å². The Labute approximate surface area is 63.9 Å². The lowest BCUT2D eigenvalue weighted by atomic mass is 10.4. The smallest absolute Gasteiger partial charge is 0.152 e. The maximum Gasteiger partial charge on any atom is 0.152 e. The highest BCUT2D eigenvalue weighted by Gasteiger charge is 1.98. The molecule has 2 heterocycles. The first-order valence-electron chi connectivity index (χ1n) is 3.56. The van der Waals surface area contributed by atoms with Crippen LogP contribution >= 0.6 is 0 Å². The summed E-state index contributed by atoms with van der Waals surface area (Å²) in [5.41, 5.74) is 0.997. The maximum atomic E-state index is 4.10. The number of hydrogen-bond donors (Lipinski definition) is 0. The van der Waals surface area contributed by atoms with E-state index in [0.29, 0.717) is 0 Å². The summed E-state index contributed by atoms with van der Waals surface area (Å²) in [6.45, 7) is 2.03. The fourth-order valence-electron chi connectivity index (χ4n) is 1.04. The molecule has 0 bridgehead atoms. The van der Waals surface area contributed by atoms with E-state index in [1.165, 1.54) is 0 Å². The van der Waals surface area contributed by atoms with E-state index in [2.05, 4.69) is 15.3 Å². The summed E-state index contributed by atoms with van der Waals surface area (Å²) in [4.78, 5) is 0. The molecule has 0 spiro atoms. The monoisotopic (exact) mass is 148 g/mol. The van der Waals surface area contributed by atoms with Gasteiger partial charge in [-0.15, -0.1) is 5.10 Å². The Balaban J connectivity index is 2.79. The van der Waals surface area contributed by atoms with Crippen LogP contribution in [0, 0.1) is 0 Å². The second-order valence-corrected chi connectivity index (χ2v) is 2.28. The molecule has 0 N–H and O–H groups in total. The van der Waals surface area contributed by atoms with Gasteiger partial charge in [-0.1, -0.05) is 6.92 Å². The first-order chi connectivity index (χ1) is 5.42. The average molecular weight is 148 g/mol. The average Bonchev–Trinajstić information content (AvgIpc) is 2.50. The highest BCUT2D eigenvalue weighted by Crippen LogP contribution is 2.00. The third-order valence-corrected chi connectivity index (χ3v) is 1.60. The van der Waals surface area contributed by atoms with Crippen LogP contribution < -0.4 is 0 Å². The highest BCUT2D eigenvalue weighted by molar-refractivity contribution is 5.42. The zero-order valence-electron chi connectivity index (χ0n) is 6.23. The third kappa shape index (κ3) is 0.869. The van der Waals surface area contributed by atoms with Crippen LogP contribution in [0.2, 0.25) is 0 Å².